The van der Waals surface area contributed by atoms with Crippen molar-refractivity contribution in [3.63, 3.8) is 0 Å². The van der Waals surface area contributed by atoms with Crippen molar-refractivity contribution in [2.75, 3.05) is 24.7 Å². The lowest BCUT2D eigenvalue weighted by Crippen LogP contribution is -2.46. The topological polar surface area (TPSA) is 84.9 Å². The van der Waals surface area contributed by atoms with Gasteiger partial charge in [-0.3, -0.25) is 9.59 Å². The fourth-order valence-electron chi connectivity index (χ4n) is 3.55. The first kappa shape index (κ1) is 22.3. The van der Waals surface area contributed by atoms with Gasteiger partial charge in [-0.2, -0.15) is 0 Å². The first-order valence-corrected chi connectivity index (χ1v) is 10.5. The molecule has 2 amide bonds. The highest BCUT2D eigenvalue weighted by Gasteiger charge is 2.29. The lowest BCUT2D eigenvalue weighted by atomic mass is 10.0. The van der Waals surface area contributed by atoms with Crippen molar-refractivity contribution in [3.8, 4) is 5.75 Å². The molecule has 31 heavy (non-hydrogen) atoms. The quantitative estimate of drug-likeness (QED) is 0.659. The van der Waals surface area contributed by atoms with Crippen LogP contribution in [0.5, 0.6) is 5.75 Å². The molecule has 2 aromatic carbocycles. The molecule has 1 aliphatic rings. The number of para-hydroxylation sites is 2. The number of ether oxygens (including phenoxy) is 2. The Kier molecular flexibility index (Phi) is 7.28. The number of nitrogens with zero attached hydrogens (tertiary/aromatic N) is 1. The maximum atomic E-state index is 12.8. The highest BCUT2D eigenvalue weighted by Crippen LogP contribution is 2.27. The number of hydrogen-bond donors (Lipinski definition) is 1. The maximum absolute atomic E-state index is 12.8. The Morgan fingerprint density at radius 1 is 1.06 bits per heavy atom. The van der Waals surface area contributed by atoms with Crippen LogP contribution >= 0.6 is 0 Å². The average Bonchev–Trinajstić information content (AvgIpc) is 3.20. The minimum atomic E-state index is -0.888. The van der Waals surface area contributed by atoms with Gasteiger partial charge in [0.05, 0.1) is 12.2 Å². The molecule has 0 spiro atoms. The van der Waals surface area contributed by atoms with Gasteiger partial charge in [-0.1, -0.05) is 44.2 Å². The number of nitrogens with one attached hydrogen (secondary N) is 1. The molecule has 1 aliphatic heterocycles. The third-order valence-corrected chi connectivity index (χ3v) is 5.16. The van der Waals surface area contributed by atoms with E-state index in [9.17, 15) is 14.4 Å². The predicted molar refractivity (Wildman–Crippen MR) is 117 cm³/mol. The molecule has 1 N–H and O–H groups in total. The molecule has 164 valence electrons. The van der Waals surface area contributed by atoms with Crippen molar-refractivity contribution in [2.24, 2.45) is 5.92 Å². The third-order valence-electron chi connectivity index (χ3n) is 5.16. The number of benzene rings is 2. The van der Waals surface area contributed by atoms with Crippen LogP contribution in [0.4, 0.5) is 5.69 Å². The van der Waals surface area contributed by atoms with Gasteiger partial charge in [0.1, 0.15) is 11.8 Å². The van der Waals surface area contributed by atoms with Crippen LogP contribution in [0.25, 0.3) is 0 Å². The minimum absolute atomic E-state index is 0.224. The molecule has 7 heteroatoms. The van der Waals surface area contributed by atoms with Gasteiger partial charge in [-0.05, 0) is 43.0 Å². The standard InChI is InChI=1S/C24H28N2O5/c1-4-30-20-12-8-6-10-18(20)23(28)25-22(16(2)3)24(29)31-15-21(27)26-14-13-17-9-5-7-11-19(17)26/h5-12,16,22H,4,13-15H2,1-3H3,(H,25,28)/t22-/m0/s1. The van der Waals surface area contributed by atoms with Crippen molar-refractivity contribution in [3.05, 3.63) is 59.7 Å². The Morgan fingerprint density at radius 2 is 1.77 bits per heavy atom. The second kappa shape index (κ2) is 10.1. The summed E-state index contributed by atoms with van der Waals surface area (Å²) in [6, 6.07) is 13.6. The molecule has 3 rings (SSSR count). The number of carbonyl (C=O) groups excluding carboxylic acids is 3. The molecule has 0 radical (unpaired) electrons. The van der Waals surface area contributed by atoms with Gasteiger partial charge >= 0.3 is 5.97 Å². The van der Waals surface area contributed by atoms with Crippen molar-refractivity contribution in [2.45, 2.75) is 33.2 Å². The lowest BCUT2D eigenvalue weighted by Gasteiger charge is -2.22. The summed E-state index contributed by atoms with van der Waals surface area (Å²) in [5.41, 5.74) is 2.29. The second-order valence-electron chi connectivity index (χ2n) is 7.66. The predicted octanol–water partition coefficient (Wildman–Crippen LogP) is 2.97. The summed E-state index contributed by atoms with van der Waals surface area (Å²) >= 11 is 0. The van der Waals surface area contributed by atoms with E-state index in [0.29, 0.717) is 24.5 Å². The molecular formula is C24H28N2O5. The number of hydrogen-bond acceptors (Lipinski definition) is 5. The maximum Gasteiger partial charge on any atom is 0.329 e. The van der Waals surface area contributed by atoms with E-state index in [-0.39, 0.29) is 18.4 Å². The number of carbonyl (C=O) groups is 3. The van der Waals surface area contributed by atoms with Crippen LogP contribution < -0.4 is 15.0 Å². The molecule has 0 bridgehead atoms. The largest absolute Gasteiger partial charge is 0.493 e. The Bertz CT molecular complexity index is 956. The van der Waals surface area contributed by atoms with E-state index in [1.54, 1.807) is 43.0 Å². The van der Waals surface area contributed by atoms with E-state index >= 15 is 0 Å². The van der Waals surface area contributed by atoms with Gasteiger partial charge in [0, 0.05) is 12.2 Å². The van der Waals surface area contributed by atoms with Gasteiger partial charge in [-0.15, -0.1) is 0 Å². The summed E-state index contributed by atoms with van der Waals surface area (Å²) in [4.78, 5) is 39.7. The van der Waals surface area contributed by atoms with Crippen LogP contribution in [0.15, 0.2) is 48.5 Å². The molecule has 7 nitrogen and oxygen atoms in total. The highest BCUT2D eigenvalue weighted by molar-refractivity contribution is 6.00. The summed E-state index contributed by atoms with van der Waals surface area (Å²) < 4.78 is 10.8. The van der Waals surface area contributed by atoms with Crippen LogP contribution in [0.2, 0.25) is 0 Å². The van der Waals surface area contributed by atoms with E-state index in [4.69, 9.17) is 9.47 Å². The van der Waals surface area contributed by atoms with Gasteiger partial charge < -0.3 is 19.7 Å². The van der Waals surface area contributed by atoms with Crippen molar-refractivity contribution in [1.29, 1.82) is 0 Å². The molecule has 0 aliphatic carbocycles. The Balaban J connectivity index is 1.62. The van der Waals surface area contributed by atoms with E-state index in [2.05, 4.69) is 5.32 Å². The molecule has 2 aromatic rings. The van der Waals surface area contributed by atoms with Crippen LogP contribution in [0, 0.1) is 5.92 Å². The molecule has 0 unspecified atom stereocenters. The molecule has 0 aromatic heterocycles. The fraction of sp³-hybridized carbons (Fsp3) is 0.375. The Labute approximate surface area is 182 Å². The fourth-order valence-corrected chi connectivity index (χ4v) is 3.55. The molecule has 0 saturated heterocycles. The van der Waals surface area contributed by atoms with Crippen LogP contribution in [-0.4, -0.2) is 43.6 Å². The zero-order chi connectivity index (χ0) is 22.4. The van der Waals surface area contributed by atoms with Crippen LogP contribution in [-0.2, 0) is 20.7 Å². The second-order valence-corrected chi connectivity index (χ2v) is 7.66. The smallest absolute Gasteiger partial charge is 0.329 e. The van der Waals surface area contributed by atoms with E-state index in [1.165, 1.54) is 0 Å². The molecule has 0 fully saturated rings. The van der Waals surface area contributed by atoms with Crippen LogP contribution in [0.3, 0.4) is 0 Å². The van der Waals surface area contributed by atoms with Gasteiger partial charge in [0.15, 0.2) is 6.61 Å². The molecule has 0 saturated carbocycles. The zero-order valence-corrected chi connectivity index (χ0v) is 18.1. The number of esters is 1. The lowest BCUT2D eigenvalue weighted by molar-refractivity contribution is -0.150. The normalized spacial score (nSPS) is 13.5. The highest BCUT2D eigenvalue weighted by atomic mass is 16.5. The first-order valence-electron chi connectivity index (χ1n) is 10.5. The summed E-state index contributed by atoms with van der Waals surface area (Å²) in [5, 5.41) is 2.72. The summed E-state index contributed by atoms with van der Waals surface area (Å²) in [6.07, 6.45) is 0.778. The Hall–Kier alpha value is -3.35. The molecule has 1 atom stereocenters. The van der Waals surface area contributed by atoms with Crippen molar-refractivity contribution >= 4 is 23.5 Å². The Morgan fingerprint density at radius 3 is 2.52 bits per heavy atom. The minimum Gasteiger partial charge on any atom is -0.493 e. The van der Waals surface area contributed by atoms with Gasteiger partial charge in [0.2, 0.25) is 0 Å². The molecule has 1 heterocycles. The zero-order valence-electron chi connectivity index (χ0n) is 18.1. The molecular weight excluding hydrogens is 396 g/mol. The number of anilines is 1. The van der Waals surface area contributed by atoms with Gasteiger partial charge in [-0.25, -0.2) is 4.79 Å². The number of fused-ring (bicyclic) bond motifs is 1. The third kappa shape index (κ3) is 5.23. The van der Waals surface area contributed by atoms with E-state index in [0.717, 1.165) is 17.7 Å². The average molecular weight is 424 g/mol. The van der Waals surface area contributed by atoms with E-state index < -0.39 is 17.9 Å². The van der Waals surface area contributed by atoms with Crippen molar-refractivity contribution in [1.82, 2.24) is 5.32 Å². The summed E-state index contributed by atoms with van der Waals surface area (Å²) in [6.45, 7) is 6.05. The number of rotatable bonds is 8. The monoisotopic (exact) mass is 424 g/mol. The summed E-state index contributed by atoms with van der Waals surface area (Å²) in [7, 11) is 0. The van der Waals surface area contributed by atoms with Gasteiger partial charge in [0.25, 0.3) is 11.8 Å². The van der Waals surface area contributed by atoms with Crippen molar-refractivity contribution < 1.29 is 23.9 Å². The van der Waals surface area contributed by atoms with Crippen LogP contribution in [0.1, 0.15) is 36.7 Å². The summed E-state index contributed by atoms with van der Waals surface area (Å²) in [5.74, 6) is -1.13. The number of amides is 2. The first-order chi connectivity index (χ1) is 14.9. The van der Waals surface area contributed by atoms with E-state index in [1.807, 2.05) is 31.2 Å². The SMILES string of the molecule is CCOc1ccccc1C(=O)N[C@H](C(=O)OCC(=O)N1CCc2ccccc21)C(C)C.